The molecule has 1 aromatic rings. The van der Waals surface area contributed by atoms with E-state index in [9.17, 15) is 4.79 Å². The molecule has 0 unspecified atom stereocenters. The van der Waals surface area contributed by atoms with Crippen LogP contribution < -0.4 is 0 Å². The van der Waals surface area contributed by atoms with Gasteiger partial charge in [-0.3, -0.25) is 0 Å². The number of rotatable bonds is 3. The highest BCUT2D eigenvalue weighted by Crippen LogP contribution is 2.15. The van der Waals surface area contributed by atoms with Crippen molar-refractivity contribution >= 4 is 35.2 Å². The Kier molecular flexibility index (Phi) is 4.59. The SMILES string of the molecule is CCOC(=O)/C=C/c1cc(Cl)nc(Cl)c1. The fourth-order valence-corrected chi connectivity index (χ4v) is 1.41. The standard InChI is InChI=1S/C10H9Cl2NO2/c1-2-15-10(14)4-3-7-5-8(11)13-9(12)6-7/h3-6H,2H2,1H3/b4-3+. The summed E-state index contributed by atoms with van der Waals surface area (Å²) in [5.41, 5.74) is 0.702. The van der Waals surface area contributed by atoms with Gasteiger partial charge in [-0.15, -0.1) is 0 Å². The molecule has 5 heteroatoms. The third-order valence-corrected chi connectivity index (χ3v) is 1.87. The molecule has 0 bridgehead atoms. The van der Waals surface area contributed by atoms with Crippen molar-refractivity contribution in [1.29, 1.82) is 0 Å². The lowest BCUT2D eigenvalue weighted by atomic mass is 10.2. The normalized spacial score (nSPS) is 10.6. The van der Waals surface area contributed by atoms with Crippen LogP contribution in [0.5, 0.6) is 0 Å². The van der Waals surface area contributed by atoms with Crippen molar-refractivity contribution in [2.45, 2.75) is 6.92 Å². The Hall–Kier alpha value is -1.06. The number of esters is 1. The summed E-state index contributed by atoms with van der Waals surface area (Å²) < 4.78 is 4.72. The van der Waals surface area contributed by atoms with Gasteiger partial charge in [-0.05, 0) is 30.7 Å². The predicted molar refractivity (Wildman–Crippen MR) is 59.9 cm³/mol. The molecular weight excluding hydrogens is 237 g/mol. The molecule has 0 saturated carbocycles. The van der Waals surface area contributed by atoms with Crippen molar-refractivity contribution in [2.24, 2.45) is 0 Å². The van der Waals surface area contributed by atoms with Gasteiger partial charge in [0.25, 0.3) is 0 Å². The number of aromatic nitrogens is 1. The van der Waals surface area contributed by atoms with Crippen LogP contribution in [0, 0.1) is 0 Å². The molecule has 1 rings (SSSR count). The summed E-state index contributed by atoms with van der Waals surface area (Å²) in [5.74, 6) is -0.401. The van der Waals surface area contributed by atoms with Gasteiger partial charge < -0.3 is 4.74 Å². The Morgan fingerprint density at radius 2 is 2.07 bits per heavy atom. The molecule has 0 amide bonds. The molecule has 0 fully saturated rings. The molecule has 0 N–H and O–H groups in total. The fraction of sp³-hybridized carbons (Fsp3) is 0.200. The Morgan fingerprint density at radius 3 is 2.60 bits per heavy atom. The molecule has 0 aromatic carbocycles. The van der Waals surface area contributed by atoms with Gasteiger partial charge in [-0.25, -0.2) is 9.78 Å². The van der Waals surface area contributed by atoms with Crippen molar-refractivity contribution in [1.82, 2.24) is 4.98 Å². The smallest absolute Gasteiger partial charge is 0.330 e. The van der Waals surface area contributed by atoms with E-state index >= 15 is 0 Å². The maximum Gasteiger partial charge on any atom is 0.330 e. The molecule has 0 saturated heterocycles. The third-order valence-electron chi connectivity index (χ3n) is 1.48. The molecule has 1 heterocycles. The van der Waals surface area contributed by atoms with Crippen LogP contribution in [-0.2, 0) is 9.53 Å². The lowest BCUT2D eigenvalue weighted by Crippen LogP contribution is -1.98. The van der Waals surface area contributed by atoms with E-state index in [0.717, 1.165) is 0 Å². The molecule has 0 radical (unpaired) electrons. The van der Waals surface area contributed by atoms with Crippen molar-refractivity contribution in [2.75, 3.05) is 6.61 Å². The molecular formula is C10H9Cl2NO2. The van der Waals surface area contributed by atoms with Crippen LogP contribution in [0.1, 0.15) is 12.5 Å². The van der Waals surface area contributed by atoms with E-state index in [1.807, 2.05) is 0 Å². The lowest BCUT2D eigenvalue weighted by Gasteiger charge is -1.97. The van der Waals surface area contributed by atoms with Gasteiger partial charge in [0.1, 0.15) is 10.3 Å². The first-order chi connectivity index (χ1) is 7.11. The number of carbonyl (C=O) groups excluding carboxylic acids is 1. The molecule has 3 nitrogen and oxygen atoms in total. The van der Waals surface area contributed by atoms with Gasteiger partial charge >= 0.3 is 5.97 Å². The van der Waals surface area contributed by atoms with Gasteiger partial charge in [0.15, 0.2) is 0 Å². The average molecular weight is 246 g/mol. The number of hydrogen-bond acceptors (Lipinski definition) is 3. The number of hydrogen-bond donors (Lipinski definition) is 0. The van der Waals surface area contributed by atoms with E-state index in [0.29, 0.717) is 12.2 Å². The summed E-state index contributed by atoms with van der Waals surface area (Å²) in [6, 6.07) is 3.20. The maximum atomic E-state index is 11.0. The minimum atomic E-state index is -0.401. The Balaban J connectivity index is 2.76. The van der Waals surface area contributed by atoms with Crippen LogP contribution in [0.4, 0.5) is 0 Å². The second-order valence-corrected chi connectivity index (χ2v) is 3.41. The first-order valence-electron chi connectivity index (χ1n) is 4.29. The molecule has 0 spiro atoms. The molecule has 15 heavy (non-hydrogen) atoms. The lowest BCUT2D eigenvalue weighted by molar-refractivity contribution is -0.137. The Bertz CT molecular complexity index is 371. The summed E-state index contributed by atoms with van der Waals surface area (Å²) in [4.78, 5) is 14.8. The Labute approximate surface area is 97.7 Å². The molecule has 80 valence electrons. The van der Waals surface area contributed by atoms with Gasteiger partial charge in [-0.1, -0.05) is 23.2 Å². The topological polar surface area (TPSA) is 39.2 Å². The van der Waals surface area contributed by atoms with Crippen LogP contribution >= 0.6 is 23.2 Å². The minimum absolute atomic E-state index is 0.283. The zero-order valence-electron chi connectivity index (χ0n) is 8.04. The summed E-state index contributed by atoms with van der Waals surface area (Å²) in [6.07, 6.45) is 2.88. The monoisotopic (exact) mass is 245 g/mol. The highest BCUT2D eigenvalue weighted by Gasteiger charge is 1.98. The quantitative estimate of drug-likeness (QED) is 0.467. The molecule has 0 atom stereocenters. The molecule has 0 aliphatic rings. The van der Waals surface area contributed by atoms with Crippen molar-refractivity contribution < 1.29 is 9.53 Å². The summed E-state index contributed by atoms with van der Waals surface area (Å²) in [5, 5.41) is 0.567. The summed E-state index contributed by atoms with van der Waals surface area (Å²) >= 11 is 11.4. The van der Waals surface area contributed by atoms with E-state index in [2.05, 4.69) is 4.98 Å². The van der Waals surface area contributed by atoms with Crippen LogP contribution in [0.2, 0.25) is 10.3 Å². The van der Waals surface area contributed by atoms with E-state index in [-0.39, 0.29) is 10.3 Å². The number of ether oxygens (including phenoxy) is 1. The van der Waals surface area contributed by atoms with Crippen LogP contribution in [0.25, 0.3) is 6.08 Å². The number of halogens is 2. The summed E-state index contributed by atoms with van der Waals surface area (Å²) in [6.45, 7) is 2.09. The highest BCUT2D eigenvalue weighted by molar-refractivity contribution is 6.32. The zero-order chi connectivity index (χ0) is 11.3. The van der Waals surface area contributed by atoms with Crippen LogP contribution in [0.15, 0.2) is 18.2 Å². The Morgan fingerprint density at radius 1 is 1.47 bits per heavy atom. The molecule has 1 aromatic heterocycles. The van der Waals surface area contributed by atoms with Crippen molar-refractivity contribution in [3.05, 3.63) is 34.1 Å². The van der Waals surface area contributed by atoms with Crippen LogP contribution in [-0.4, -0.2) is 17.6 Å². The largest absolute Gasteiger partial charge is 0.463 e. The fourth-order valence-electron chi connectivity index (χ4n) is 0.934. The van der Waals surface area contributed by atoms with Gasteiger partial charge in [0, 0.05) is 6.08 Å². The van der Waals surface area contributed by atoms with E-state index in [4.69, 9.17) is 27.9 Å². The number of nitrogens with zero attached hydrogens (tertiary/aromatic N) is 1. The predicted octanol–water partition coefficient (Wildman–Crippen LogP) is 2.96. The van der Waals surface area contributed by atoms with Gasteiger partial charge in [0.05, 0.1) is 6.61 Å². The van der Waals surface area contributed by atoms with Crippen molar-refractivity contribution in [3.8, 4) is 0 Å². The van der Waals surface area contributed by atoms with Gasteiger partial charge in [-0.2, -0.15) is 0 Å². The first-order valence-corrected chi connectivity index (χ1v) is 5.05. The third kappa shape index (κ3) is 4.32. The maximum absolute atomic E-state index is 11.0. The highest BCUT2D eigenvalue weighted by atomic mass is 35.5. The first kappa shape index (κ1) is 12.0. The second kappa shape index (κ2) is 5.73. The molecule has 0 aliphatic carbocycles. The van der Waals surface area contributed by atoms with E-state index in [1.54, 1.807) is 25.1 Å². The second-order valence-electron chi connectivity index (χ2n) is 2.63. The summed E-state index contributed by atoms with van der Waals surface area (Å²) in [7, 11) is 0. The van der Waals surface area contributed by atoms with Crippen LogP contribution in [0.3, 0.4) is 0 Å². The van der Waals surface area contributed by atoms with Gasteiger partial charge in [0.2, 0.25) is 0 Å². The minimum Gasteiger partial charge on any atom is -0.463 e. The average Bonchev–Trinajstić information content (AvgIpc) is 2.14. The van der Waals surface area contributed by atoms with E-state index in [1.165, 1.54) is 6.08 Å². The van der Waals surface area contributed by atoms with Crippen molar-refractivity contribution in [3.63, 3.8) is 0 Å². The zero-order valence-corrected chi connectivity index (χ0v) is 9.55. The van der Waals surface area contributed by atoms with E-state index < -0.39 is 5.97 Å². The number of pyridine rings is 1. The molecule has 0 aliphatic heterocycles. The number of carbonyl (C=O) groups is 1.